The van der Waals surface area contributed by atoms with Gasteiger partial charge in [0.1, 0.15) is 0 Å². The molecule has 0 N–H and O–H groups in total. The second-order valence-electron chi connectivity index (χ2n) is 4.47. The topological polar surface area (TPSA) is 49.3 Å². The summed E-state index contributed by atoms with van der Waals surface area (Å²) in [5, 5.41) is 7.83. The number of anilines is 1. The van der Waals surface area contributed by atoms with Gasteiger partial charge in [0, 0.05) is 31.9 Å². The molecule has 5 nitrogen and oxygen atoms in total. The largest absolute Gasteiger partial charge is 0.368 e. The Hall–Kier alpha value is -1.66. The number of halogens is 1. The molecule has 0 radical (unpaired) electrons. The van der Waals surface area contributed by atoms with Crippen molar-refractivity contribution >= 4 is 34.5 Å². The molecule has 0 spiro atoms. The Morgan fingerprint density at radius 3 is 2.40 bits per heavy atom. The van der Waals surface area contributed by atoms with E-state index in [4.69, 9.17) is 11.6 Å². The molecule has 0 aliphatic carbocycles. The highest BCUT2D eigenvalue weighted by Gasteiger charge is 2.24. The van der Waals surface area contributed by atoms with Gasteiger partial charge in [0.25, 0.3) is 5.91 Å². The van der Waals surface area contributed by atoms with Crippen LogP contribution in [-0.4, -0.2) is 47.2 Å². The number of rotatable bonds is 2. The average Bonchev–Trinajstić information content (AvgIpc) is 2.94. The van der Waals surface area contributed by atoms with Crippen LogP contribution in [0.1, 0.15) is 9.80 Å². The van der Waals surface area contributed by atoms with Crippen LogP contribution in [0, 0.1) is 0 Å². The van der Waals surface area contributed by atoms with Gasteiger partial charge in [-0.1, -0.05) is 29.5 Å². The summed E-state index contributed by atoms with van der Waals surface area (Å²) in [6.07, 6.45) is 0. The highest BCUT2D eigenvalue weighted by molar-refractivity contribution is 7.17. The van der Waals surface area contributed by atoms with E-state index in [1.807, 2.05) is 18.2 Å². The molecule has 0 atom stereocenters. The number of carbonyl (C=O) groups is 1. The fraction of sp³-hybridized carbons (Fsp3) is 0.308. The molecule has 1 aromatic carbocycles. The average molecular weight is 309 g/mol. The van der Waals surface area contributed by atoms with Gasteiger partial charge >= 0.3 is 0 Å². The molecule has 2 aromatic rings. The van der Waals surface area contributed by atoms with Gasteiger partial charge in [-0.2, -0.15) is 0 Å². The number of hydrogen-bond donors (Lipinski definition) is 0. The summed E-state index contributed by atoms with van der Waals surface area (Å²) in [5.41, 5.74) is 1.19. The van der Waals surface area contributed by atoms with E-state index >= 15 is 0 Å². The Morgan fingerprint density at radius 2 is 1.80 bits per heavy atom. The number of benzene rings is 1. The standard InChI is InChI=1S/C13H13ClN4OS/c14-13-16-15-11(20-13)12(19)18-8-6-17(7-9-18)10-4-2-1-3-5-10/h1-5H,6-9H2. The van der Waals surface area contributed by atoms with Crippen LogP contribution < -0.4 is 4.90 Å². The van der Waals surface area contributed by atoms with Crippen LogP contribution >= 0.6 is 22.9 Å². The Kier molecular flexibility index (Phi) is 3.84. The molecule has 1 aliphatic rings. The van der Waals surface area contributed by atoms with Crippen molar-refractivity contribution in [2.75, 3.05) is 31.1 Å². The van der Waals surface area contributed by atoms with Crippen molar-refractivity contribution in [2.45, 2.75) is 0 Å². The monoisotopic (exact) mass is 308 g/mol. The molecule has 3 rings (SSSR count). The van der Waals surface area contributed by atoms with Crippen LogP contribution in [0.2, 0.25) is 4.47 Å². The van der Waals surface area contributed by atoms with Gasteiger partial charge in [0.05, 0.1) is 0 Å². The van der Waals surface area contributed by atoms with E-state index in [0.29, 0.717) is 22.6 Å². The van der Waals surface area contributed by atoms with Crippen molar-refractivity contribution in [3.05, 3.63) is 39.8 Å². The lowest BCUT2D eigenvalue weighted by Crippen LogP contribution is -2.48. The number of piperazine rings is 1. The fourth-order valence-electron chi connectivity index (χ4n) is 2.23. The van der Waals surface area contributed by atoms with Crippen molar-refractivity contribution in [1.82, 2.24) is 15.1 Å². The molecule has 20 heavy (non-hydrogen) atoms. The first-order chi connectivity index (χ1) is 9.74. The summed E-state index contributed by atoms with van der Waals surface area (Å²) >= 11 is 6.84. The van der Waals surface area contributed by atoms with E-state index in [-0.39, 0.29) is 5.91 Å². The maximum absolute atomic E-state index is 12.2. The molecular weight excluding hydrogens is 296 g/mol. The van der Waals surface area contributed by atoms with Crippen molar-refractivity contribution < 1.29 is 4.79 Å². The van der Waals surface area contributed by atoms with Gasteiger partial charge < -0.3 is 9.80 Å². The summed E-state index contributed by atoms with van der Waals surface area (Å²) in [4.78, 5) is 16.3. The van der Waals surface area contributed by atoms with Crippen molar-refractivity contribution in [2.24, 2.45) is 0 Å². The molecule has 104 valence electrons. The number of aromatic nitrogens is 2. The molecule has 1 amide bonds. The number of amides is 1. The van der Waals surface area contributed by atoms with Crippen molar-refractivity contribution in [1.29, 1.82) is 0 Å². The second-order valence-corrected chi connectivity index (χ2v) is 6.03. The summed E-state index contributed by atoms with van der Waals surface area (Å²) in [7, 11) is 0. The molecule has 0 bridgehead atoms. The highest BCUT2D eigenvalue weighted by atomic mass is 35.5. The Balaban J connectivity index is 1.63. The first-order valence-corrected chi connectivity index (χ1v) is 7.52. The molecule has 1 aliphatic heterocycles. The Bertz CT molecular complexity index is 595. The molecule has 1 fully saturated rings. The molecule has 0 saturated carbocycles. The van der Waals surface area contributed by atoms with Crippen molar-refractivity contribution in [3.63, 3.8) is 0 Å². The normalized spacial score (nSPS) is 15.4. The van der Waals surface area contributed by atoms with Gasteiger partial charge in [-0.25, -0.2) is 0 Å². The summed E-state index contributed by atoms with van der Waals surface area (Å²) in [6, 6.07) is 10.2. The van der Waals surface area contributed by atoms with Gasteiger partial charge in [-0.3, -0.25) is 4.79 Å². The van der Waals surface area contributed by atoms with Crippen LogP contribution in [0.4, 0.5) is 5.69 Å². The summed E-state index contributed by atoms with van der Waals surface area (Å²) in [6.45, 7) is 3.01. The van der Waals surface area contributed by atoms with E-state index in [9.17, 15) is 4.79 Å². The third-order valence-corrected chi connectivity index (χ3v) is 4.28. The Morgan fingerprint density at radius 1 is 1.10 bits per heavy atom. The quantitative estimate of drug-likeness (QED) is 0.853. The molecule has 1 aromatic heterocycles. The highest BCUT2D eigenvalue weighted by Crippen LogP contribution is 2.19. The van der Waals surface area contributed by atoms with Crippen LogP contribution in [-0.2, 0) is 0 Å². The predicted octanol–water partition coefficient (Wildman–Crippen LogP) is 2.15. The minimum Gasteiger partial charge on any atom is -0.368 e. The van der Waals surface area contributed by atoms with Crippen LogP contribution in [0.5, 0.6) is 0 Å². The van der Waals surface area contributed by atoms with Crippen molar-refractivity contribution in [3.8, 4) is 0 Å². The number of nitrogens with zero attached hydrogens (tertiary/aromatic N) is 4. The number of para-hydroxylation sites is 1. The minimum atomic E-state index is -0.0814. The summed E-state index contributed by atoms with van der Waals surface area (Å²) < 4.78 is 0.302. The van der Waals surface area contributed by atoms with E-state index in [1.54, 1.807) is 4.90 Å². The summed E-state index contributed by atoms with van der Waals surface area (Å²) in [5.74, 6) is -0.0814. The zero-order valence-corrected chi connectivity index (χ0v) is 12.3. The molecule has 1 saturated heterocycles. The number of carbonyl (C=O) groups excluding carboxylic acids is 1. The van der Waals surface area contributed by atoms with E-state index in [2.05, 4.69) is 27.2 Å². The van der Waals surface area contributed by atoms with Gasteiger partial charge in [-0.05, 0) is 23.7 Å². The van der Waals surface area contributed by atoms with E-state index in [0.717, 1.165) is 24.4 Å². The van der Waals surface area contributed by atoms with Gasteiger partial charge in [0.2, 0.25) is 9.47 Å². The lowest BCUT2D eigenvalue weighted by atomic mass is 10.2. The Labute approximate surface area is 125 Å². The maximum Gasteiger partial charge on any atom is 0.285 e. The van der Waals surface area contributed by atoms with E-state index < -0.39 is 0 Å². The second kappa shape index (κ2) is 5.76. The first kappa shape index (κ1) is 13.3. The lowest BCUT2D eigenvalue weighted by Gasteiger charge is -2.35. The van der Waals surface area contributed by atoms with E-state index in [1.165, 1.54) is 5.69 Å². The SMILES string of the molecule is O=C(c1nnc(Cl)s1)N1CCN(c2ccccc2)CC1. The van der Waals surface area contributed by atoms with Crippen LogP contribution in [0.15, 0.2) is 30.3 Å². The van der Waals surface area contributed by atoms with Crippen LogP contribution in [0.3, 0.4) is 0 Å². The van der Waals surface area contributed by atoms with Gasteiger partial charge in [-0.15, -0.1) is 10.2 Å². The third-order valence-electron chi connectivity index (χ3n) is 3.27. The molecule has 2 heterocycles. The zero-order chi connectivity index (χ0) is 13.9. The molecule has 0 unspecified atom stereocenters. The zero-order valence-electron chi connectivity index (χ0n) is 10.7. The minimum absolute atomic E-state index is 0.0814. The smallest absolute Gasteiger partial charge is 0.285 e. The first-order valence-electron chi connectivity index (χ1n) is 6.32. The van der Waals surface area contributed by atoms with Gasteiger partial charge in [0.15, 0.2) is 0 Å². The fourth-order valence-corrected chi connectivity index (χ4v) is 3.03. The maximum atomic E-state index is 12.2. The lowest BCUT2D eigenvalue weighted by molar-refractivity contribution is 0.0745. The molecular formula is C13H13ClN4OS. The third kappa shape index (κ3) is 2.76. The predicted molar refractivity (Wildman–Crippen MR) is 79.5 cm³/mol. The number of hydrogen-bond acceptors (Lipinski definition) is 5. The van der Waals surface area contributed by atoms with Crippen LogP contribution in [0.25, 0.3) is 0 Å². The molecule has 7 heteroatoms.